The zero-order valence-corrected chi connectivity index (χ0v) is 12.2. The number of carbonyl (C=O) groups is 2. The van der Waals surface area contributed by atoms with Gasteiger partial charge in [0.1, 0.15) is 5.69 Å². The highest BCUT2D eigenvalue weighted by Gasteiger charge is 2.23. The third-order valence-electron chi connectivity index (χ3n) is 3.37. The van der Waals surface area contributed by atoms with Crippen LogP contribution >= 0.6 is 0 Å². The minimum absolute atomic E-state index is 0.150. The number of H-pyrrole nitrogens is 1. The lowest BCUT2D eigenvalue weighted by Crippen LogP contribution is -2.34. The average Bonchev–Trinajstić information content (AvgIpc) is 2.70. The Morgan fingerprint density at radius 2 is 1.84 bits per heavy atom. The highest BCUT2D eigenvalue weighted by Crippen LogP contribution is 2.19. The summed E-state index contributed by atoms with van der Waals surface area (Å²) in [6, 6.07) is 0.150. The predicted octanol–water partition coefficient (Wildman–Crippen LogP) is 2.34. The van der Waals surface area contributed by atoms with Crippen LogP contribution in [-0.2, 0) is 4.74 Å². The number of ether oxygens (including phenoxy) is 1. The molecule has 0 saturated heterocycles. The van der Waals surface area contributed by atoms with E-state index in [0.717, 1.165) is 12.8 Å². The first-order valence-electron chi connectivity index (χ1n) is 6.54. The summed E-state index contributed by atoms with van der Waals surface area (Å²) in [5, 5.41) is 2.95. The van der Waals surface area contributed by atoms with Gasteiger partial charge in [-0.3, -0.25) is 4.79 Å². The third kappa shape index (κ3) is 3.16. The van der Waals surface area contributed by atoms with Crippen LogP contribution in [0.4, 0.5) is 0 Å². The molecule has 0 aliphatic heterocycles. The number of amides is 1. The van der Waals surface area contributed by atoms with E-state index in [9.17, 15) is 9.59 Å². The number of carbonyl (C=O) groups excluding carboxylic acids is 2. The molecule has 0 unspecified atom stereocenters. The summed E-state index contributed by atoms with van der Waals surface area (Å²) in [6.45, 7) is 7.56. The monoisotopic (exact) mass is 266 g/mol. The Morgan fingerprint density at radius 1 is 1.26 bits per heavy atom. The van der Waals surface area contributed by atoms with Crippen molar-refractivity contribution in [2.24, 2.45) is 0 Å². The van der Waals surface area contributed by atoms with Gasteiger partial charge < -0.3 is 15.0 Å². The van der Waals surface area contributed by atoms with Crippen LogP contribution in [-0.4, -0.2) is 30.0 Å². The number of aromatic nitrogens is 1. The summed E-state index contributed by atoms with van der Waals surface area (Å²) in [4.78, 5) is 26.8. The molecule has 0 saturated carbocycles. The zero-order chi connectivity index (χ0) is 14.6. The molecular formula is C14H22N2O3. The fraction of sp³-hybridized carbons (Fsp3) is 0.571. The van der Waals surface area contributed by atoms with Crippen molar-refractivity contribution >= 4 is 11.9 Å². The predicted molar refractivity (Wildman–Crippen MR) is 73.4 cm³/mol. The Hall–Kier alpha value is -1.78. The van der Waals surface area contributed by atoms with E-state index in [0.29, 0.717) is 22.5 Å². The molecule has 5 nitrogen and oxygen atoms in total. The highest BCUT2D eigenvalue weighted by molar-refractivity contribution is 6.00. The Labute approximate surface area is 113 Å². The van der Waals surface area contributed by atoms with Gasteiger partial charge in [-0.2, -0.15) is 0 Å². The molecule has 2 N–H and O–H groups in total. The van der Waals surface area contributed by atoms with Gasteiger partial charge >= 0.3 is 5.97 Å². The maximum atomic E-state index is 12.2. The lowest BCUT2D eigenvalue weighted by molar-refractivity contribution is 0.0599. The fourth-order valence-corrected chi connectivity index (χ4v) is 2.14. The summed E-state index contributed by atoms with van der Waals surface area (Å²) < 4.78 is 4.72. The van der Waals surface area contributed by atoms with Crippen molar-refractivity contribution in [3.8, 4) is 0 Å². The molecule has 0 aliphatic rings. The molecule has 0 atom stereocenters. The molecule has 1 aromatic heterocycles. The van der Waals surface area contributed by atoms with Gasteiger partial charge in [0.25, 0.3) is 5.91 Å². The molecule has 1 heterocycles. The molecule has 1 amide bonds. The van der Waals surface area contributed by atoms with Crippen molar-refractivity contribution in [1.82, 2.24) is 10.3 Å². The van der Waals surface area contributed by atoms with E-state index in [2.05, 4.69) is 10.3 Å². The minimum Gasteiger partial charge on any atom is -0.465 e. The van der Waals surface area contributed by atoms with Crippen LogP contribution in [0.25, 0.3) is 0 Å². The molecule has 106 valence electrons. The number of aromatic amines is 1. The van der Waals surface area contributed by atoms with Crippen molar-refractivity contribution in [3.05, 3.63) is 22.5 Å². The van der Waals surface area contributed by atoms with Gasteiger partial charge in [0.15, 0.2) is 0 Å². The molecule has 0 spiro atoms. The van der Waals surface area contributed by atoms with Gasteiger partial charge in [-0.05, 0) is 32.3 Å². The first kappa shape index (κ1) is 15.3. The normalized spacial score (nSPS) is 10.6. The largest absolute Gasteiger partial charge is 0.465 e. The Morgan fingerprint density at radius 3 is 2.32 bits per heavy atom. The van der Waals surface area contributed by atoms with Crippen molar-refractivity contribution in [2.45, 2.75) is 46.6 Å². The minimum atomic E-state index is -0.423. The number of rotatable bonds is 5. The smallest absolute Gasteiger partial charge is 0.339 e. The van der Waals surface area contributed by atoms with E-state index in [1.165, 1.54) is 7.11 Å². The molecular weight excluding hydrogens is 244 g/mol. The second kappa shape index (κ2) is 6.41. The molecule has 0 radical (unpaired) electrons. The van der Waals surface area contributed by atoms with Crippen molar-refractivity contribution in [1.29, 1.82) is 0 Å². The molecule has 19 heavy (non-hydrogen) atoms. The Balaban J connectivity index is 3.02. The van der Waals surface area contributed by atoms with Gasteiger partial charge in [0.05, 0.1) is 12.7 Å². The molecule has 0 bridgehead atoms. The number of methoxy groups -OCH3 is 1. The van der Waals surface area contributed by atoms with Crippen molar-refractivity contribution < 1.29 is 14.3 Å². The van der Waals surface area contributed by atoms with E-state index < -0.39 is 5.97 Å². The van der Waals surface area contributed by atoms with Crippen LogP contribution in [0.5, 0.6) is 0 Å². The SMILES string of the molecule is CCC(CC)NC(=O)c1[nH]c(C)c(C(=O)OC)c1C. The highest BCUT2D eigenvalue weighted by atomic mass is 16.5. The summed E-state index contributed by atoms with van der Waals surface area (Å²) in [5.41, 5.74) is 2.16. The van der Waals surface area contributed by atoms with Crippen LogP contribution in [0.2, 0.25) is 0 Å². The van der Waals surface area contributed by atoms with Gasteiger partial charge in [-0.1, -0.05) is 13.8 Å². The first-order valence-corrected chi connectivity index (χ1v) is 6.54. The van der Waals surface area contributed by atoms with E-state index in [1.807, 2.05) is 13.8 Å². The molecule has 1 aromatic rings. The number of aryl methyl sites for hydroxylation is 1. The standard InChI is InChI=1S/C14H22N2O3/c1-6-10(7-2)16-13(17)12-8(3)11(9(4)15-12)14(18)19-5/h10,15H,6-7H2,1-5H3,(H,16,17). The number of hydrogen-bond donors (Lipinski definition) is 2. The van der Waals surface area contributed by atoms with Crippen molar-refractivity contribution in [3.63, 3.8) is 0 Å². The van der Waals surface area contributed by atoms with Crippen LogP contribution < -0.4 is 5.32 Å². The van der Waals surface area contributed by atoms with Gasteiger partial charge in [-0.15, -0.1) is 0 Å². The van der Waals surface area contributed by atoms with Crippen LogP contribution in [0, 0.1) is 13.8 Å². The van der Waals surface area contributed by atoms with Crippen molar-refractivity contribution in [2.75, 3.05) is 7.11 Å². The van der Waals surface area contributed by atoms with E-state index >= 15 is 0 Å². The van der Waals surface area contributed by atoms with Gasteiger partial charge in [-0.25, -0.2) is 4.79 Å². The molecule has 0 aromatic carbocycles. The van der Waals surface area contributed by atoms with E-state index in [1.54, 1.807) is 13.8 Å². The van der Waals surface area contributed by atoms with Gasteiger partial charge in [0.2, 0.25) is 0 Å². The van der Waals surface area contributed by atoms with Gasteiger partial charge in [0, 0.05) is 11.7 Å². The van der Waals surface area contributed by atoms with Crippen LogP contribution in [0.15, 0.2) is 0 Å². The lowest BCUT2D eigenvalue weighted by Gasteiger charge is -2.14. The Kier molecular flexibility index (Phi) is 5.15. The lowest BCUT2D eigenvalue weighted by atomic mass is 10.1. The van der Waals surface area contributed by atoms with E-state index in [4.69, 9.17) is 4.74 Å². The number of hydrogen-bond acceptors (Lipinski definition) is 3. The summed E-state index contributed by atoms with van der Waals surface area (Å²) >= 11 is 0. The second-order valence-corrected chi connectivity index (χ2v) is 4.60. The maximum Gasteiger partial charge on any atom is 0.339 e. The first-order chi connectivity index (χ1) is 8.96. The zero-order valence-electron chi connectivity index (χ0n) is 12.2. The van der Waals surface area contributed by atoms with Crippen LogP contribution in [0.3, 0.4) is 0 Å². The summed E-state index contributed by atoms with van der Waals surface area (Å²) in [6.07, 6.45) is 1.76. The van der Waals surface area contributed by atoms with Crippen LogP contribution in [0.1, 0.15) is 58.8 Å². The quantitative estimate of drug-likeness (QED) is 0.803. The summed E-state index contributed by atoms with van der Waals surface area (Å²) in [5.74, 6) is -0.600. The Bertz CT molecular complexity index is 473. The third-order valence-corrected chi connectivity index (χ3v) is 3.37. The number of esters is 1. The molecule has 1 rings (SSSR count). The summed E-state index contributed by atoms with van der Waals surface area (Å²) in [7, 11) is 1.33. The van der Waals surface area contributed by atoms with E-state index in [-0.39, 0.29) is 11.9 Å². The second-order valence-electron chi connectivity index (χ2n) is 4.60. The topological polar surface area (TPSA) is 71.2 Å². The molecule has 0 aliphatic carbocycles. The average molecular weight is 266 g/mol. The number of nitrogens with one attached hydrogen (secondary N) is 2. The molecule has 5 heteroatoms. The maximum absolute atomic E-state index is 12.2. The fourth-order valence-electron chi connectivity index (χ4n) is 2.14. The molecule has 0 fully saturated rings.